The molecule has 3 aromatic rings. The van der Waals surface area contributed by atoms with E-state index >= 15 is 0 Å². The first-order chi connectivity index (χ1) is 9.61. The Morgan fingerprint density at radius 2 is 2.10 bits per heavy atom. The lowest BCUT2D eigenvalue weighted by molar-refractivity contribution is 1.05. The molecule has 2 aromatic carbocycles. The summed E-state index contributed by atoms with van der Waals surface area (Å²) in [5.74, 6) is 0. The molecular formula is C15H10BrN3S. The Kier molecular flexibility index (Phi) is 3.20. The molecule has 0 aliphatic carbocycles. The van der Waals surface area contributed by atoms with Crippen LogP contribution >= 0.6 is 28.1 Å². The standard InChI is InChI=1S/C15H10BrN3S/c1-9-3-2-4-12-14(9)19(15(20)18-12)13-6-5-10(8-17)7-11(13)16/h2-7H,1H3,(H,18,20). The van der Waals surface area contributed by atoms with Crippen LogP contribution in [-0.4, -0.2) is 9.55 Å². The first-order valence-corrected chi connectivity index (χ1v) is 7.22. The van der Waals surface area contributed by atoms with E-state index in [2.05, 4.69) is 40.0 Å². The summed E-state index contributed by atoms with van der Waals surface area (Å²) in [6.07, 6.45) is 0. The van der Waals surface area contributed by atoms with E-state index < -0.39 is 0 Å². The first kappa shape index (κ1) is 13.1. The third-order valence-corrected chi connectivity index (χ3v) is 4.14. The molecule has 0 aliphatic rings. The van der Waals surface area contributed by atoms with Crippen LogP contribution < -0.4 is 0 Å². The van der Waals surface area contributed by atoms with Gasteiger partial charge in [-0.15, -0.1) is 0 Å². The third kappa shape index (κ3) is 1.98. The van der Waals surface area contributed by atoms with Crippen LogP contribution in [0.15, 0.2) is 40.9 Å². The molecular weight excluding hydrogens is 334 g/mol. The largest absolute Gasteiger partial charge is 0.330 e. The number of halogens is 1. The van der Waals surface area contributed by atoms with Gasteiger partial charge in [-0.05, 0) is 64.9 Å². The lowest BCUT2D eigenvalue weighted by Gasteiger charge is -2.09. The molecule has 0 amide bonds. The number of para-hydroxylation sites is 1. The highest BCUT2D eigenvalue weighted by molar-refractivity contribution is 9.10. The van der Waals surface area contributed by atoms with Gasteiger partial charge < -0.3 is 4.98 Å². The van der Waals surface area contributed by atoms with E-state index in [0.717, 1.165) is 26.8 Å². The molecule has 0 spiro atoms. The molecule has 3 nitrogen and oxygen atoms in total. The van der Waals surface area contributed by atoms with Gasteiger partial charge >= 0.3 is 0 Å². The summed E-state index contributed by atoms with van der Waals surface area (Å²) in [5, 5.41) is 8.95. The average molecular weight is 344 g/mol. The van der Waals surface area contributed by atoms with Crippen molar-refractivity contribution in [2.24, 2.45) is 0 Å². The van der Waals surface area contributed by atoms with Crippen LogP contribution in [0.3, 0.4) is 0 Å². The molecule has 1 aromatic heterocycles. The number of aromatic nitrogens is 2. The van der Waals surface area contributed by atoms with Gasteiger partial charge in [-0.1, -0.05) is 12.1 Å². The predicted molar refractivity (Wildman–Crippen MR) is 85.6 cm³/mol. The van der Waals surface area contributed by atoms with Gasteiger partial charge in [-0.3, -0.25) is 4.57 Å². The minimum absolute atomic E-state index is 0.615. The highest BCUT2D eigenvalue weighted by atomic mass is 79.9. The number of nitrogens with zero attached hydrogens (tertiary/aromatic N) is 2. The van der Waals surface area contributed by atoms with Crippen LogP contribution in [0.25, 0.3) is 16.7 Å². The molecule has 0 saturated carbocycles. The topological polar surface area (TPSA) is 44.5 Å². The van der Waals surface area contributed by atoms with Gasteiger partial charge in [0.25, 0.3) is 0 Å². The molecule has 1 heterocycles. The van der Waals surface area contributed by atoms with Crippen molar-refractivity contribution in [1.82, 2.24) is 9.55 Å². The van der Waals surface area contributed by atoms with Crippen molar-refractivity contribution in [3.05, 3.63) is 56.8 Å². The zero-order valence-corrected chi connectivity index (χ0v) is 13.0. The number of aryl methyl sites for hydroxylation is 1. The Labute approximate surface area is 129 Å². The van der Waals surface area contributed by atoms with Crippen molar-refractivity contribution in [1.29, 1.82) is 5.26 Å². The van der Waals surface area contributed by atoms with Gasteiger partial charge in [-0.2, -0.15) is 5.26 Å². The van der Waals surface area contributed by atoms with Crippen molar-refractivity contribution in [3.63, 3.8) is 0 Å². The summed E-state index contributed by atoms with van der Waals surface area (Å²) < 4.78 is 3.47. The number of benzene rings is 2. The summed E-state index contributed by atoms with van der Waals surface area (Å²) in [4.78, 5) is 3.21. The van der Waals surface area contributed by atoms with Crippen molar-refractivity contribution in [2.45, 2.75) is 6.92 Å². The Bertz CT molecular complexity index is 915. The van der Waals surface area contributed by atoms with Crippen molar-refractivity contribution in [2.75, 3.05) is 0 Å². The number of H-pyrrole nitrogens is 1. The van der Waals surface area contributed by atoms with E-state index in [9.17, 15) is 0 Å². The van der Waals surface area contributed by atoms with E-state index in [4.69, 9.17) is 17.5 Å². The molecule has 0 unspecified atom stereocenters. The van der Waals surface area contributed by atoms with E-state index in [1.165, 1.54) is 0 Å². The van der Waals surface area contributed by atoms with Crippen LogP contribution in [0.2, 0.25) is 0 Å². The molecule has 0 saturated heterocycles. The summed E-state index contributed by atoms with van der Waals surface area (Å²) in [5.41, 5.74) is 4.75. The van der Waals surface area contributed by atoms with Crippen molar-refractivity contribution >= 4 is 39.2 Å². The lowest BCUT2D eigenvalue weighted by atomic mass is 10.2. The predicted octanol–water partition coefficient (Wildman–Crippen LogP) is 4.63. The van der Waals surface area contributed by atoms with Gasteiger partial charge in [0.2, 0.25) is 0 Å². The number of hydrogen-bond acceptors (Lipinski definition) is 2. The quantitative estimate of drug-likeness (QED) is 0.654. The van der Waals surface area contributed by atoms with Crippen LogP contribution in [0.1, 0.15) is 11.1 Å². The number of aromatic amines is 1. The van der Waals surface area contributed by atoms with E-state index in [1.54, 1.807) is 12.1 Å². The fourth-order valence-corrected chi connectivity index (χ4v) is 3.17. The minimum atomic E-state index is 0.615. The Hall–Kier alpha value is -1.90. The Morgan fingerprint density at radius 1 is 1.30 bits per heavy atom. The maximum absolute atomic E-state index is 8.95. The Morgan fingerprint density at radius 3 is 2.80 bits per heavy atom. The first-order valence-electron chi connectivity index (χ1n) is 6.02. The molecule has 5 heteroatoms. The Balaban J connectivity index is 2.39. The van der Waals surface area contributed by atoms with E-state index in [1.807, 2.05) is 22.8 Å². The molecule has 0 bridgehead atoms. The van der Waals surface area contributed by atoms with Gasteiger partial charge in [0.1, 0.15) is 0 Å². The highest BCUT2D eigenvalue weighted by Gasteiger charge is 2.11. The lowest BCUT2D eigenvalue weighted by Crippen LogP contribution is -1.97. The van der Waals surface area contributed by atoms with Crippen LogP contribution in [-0.2, 0) is 0 Å². The molecule has 0 aliphatic heterocycles. The van der Waals surface area contributed by atoms with Crippen LogP contribution in [0, 0.1) is 23.0 Å². The summed E-state index contributed by atoms with van der Waals surface area (Å²) >= 11 is 8.96. The van der Waals surface area contributed by atoms with Crippen LogP contribution in [0.4, 0.5) is 0 Å². The minimum Gasteiger partial charge on any atom is -0.330 e. The maximum atomic E-state index is 8.95. The second kappa shape index (κ2) is 4.89. The monoisotopic (exact) mass is 343 g/mol. The van der Waals surface area contributed by atoms with E-state index in [-0.39, 0.29) is 0 Å². The normalized spacial score (nSPS) is 10.7. The van der Waals surface area contributed by atoms with Crippen molar-refractivity contribution < 1.29 is 0 Å². The fourth-order valence-electron chi connectivity index (χ4n) is 2.32. The molecule has 3 rings (SSSR count). The number of imidazole rings is 1. The number of fused-ring (bicyclic) bond motifs is 1. The number of nitriles is 1. The third-order valence-electron chi connectivity index (χ3n) is 3.22. The zero-order valence-electron chi connectivity index (χ0n) is 10.6. The van der Waals surface area contributed by atoms with Gasteiger partial charge in [0.05, 0.1) is 28.4 Å². The van der Waals surface area contributed by atoms with Crippen molar-refractivity contribution in [3.8, 4) is 11.8 Å². The maximum Gasteiger partial charge on any atom is 0.182 e. The highest BCUT2D eigenvalue weighted by Crippen LogP contribution is 2.28. The smallest absolute Gasteiger partial charge is 0.182 e. The molecule has 0 atom stereocenters. The zero-order chi connectivity index (χ0) is 14.3. The summed E-state index contributed by atoms with van der Waals surface area (Å²) in [7, 11) is 0. The van der Waals surface area contributed by atoms with Gasteiger partial charge in [0.15, 0.2) is 4.77 Å². The van der Waals surface area contributed by atoms with E-state index in [0.29, 0.717) is 10.3 Å². The number of hydrogen-bond donors (Lipinski definition) is 1. The summed E-state index contributed by atoms with van der Waals surface area (Å²) in [6, 6.07) is 13.7. The molecule has 0 radical (unpaired) electrons. The SMILES string of the molecule is Cc1cccc2[nH]c(=S)n(-c3ccc(C#N)cc3Br)c12. The molecule has 98 valence electrons. The summed E-state index contributed by atoms with van der Waals surface area (Å²) in [6.45, 7) is 2.05. The average Bonchev–Trinajstić information content (AvgIpc) is 2.76. The van der Waals surface area contributed by atoms with Crippen LogP contribution in [0.5, 0.6) is 0 Å². The number of nitrogens with one attached hydrogen (secondary N) is 1. The van der Waals surface area contributed by atoms with Gasteiger partial charge in [0, 0.05) is 4.47 Å². The van der Waals surface area contributed by atoms with Gasteiger partial charge in [-0.25, -0.2) is 0 Å². The fraction of sp³-hybridized carbons (Fsp3) is 0.0667. The molecule has 1 N–H and O–H groups in total. The molecule has 0 fully saturated rings. The number of rotatable bonds is 1. The molecule has 20 heavy (non-hydrogen) atoms. The second-order valence-electron chi connectivity index (χ2n) is 4.51. The second-order valence-corrected chi connectivity index (χ2v) is 5.76.